The van der Waals surface area contributed by atoms with Gasteiger partial charge in [0.25, 0.3) is 0 Å². The average Bonchev–Trinajstić information content (AvgIpc) is 2.19. The molecular formula is C10H18N2Si. The summed E-state index contributed by atoms with van der Waals surface area (Å²) in [4.78, 5) is 3.53. The molecule has 0 aliphatic carbocycles. The molecule has 0 fully saturated rings. The molecule has 2 nitrogen and oxygen atoms in total. The molecule has 0 aliphatic rings. The lowest BCUT2D eigenvalue weighted by Gasteiger charge is -2.12. The fraction of sp³-hybridized carbons (Fsp3) is 0.400. The van der Waals surface area contributed by atoms with Crippen LogP contribution < -0.4 is 15.5 Å². The summed E-state index contributed by atoms with van der Waals surface area (Å²) in [5.74, 6) is 0. The molecule has 1 rings (SSSR count). The molecule has 0 aromatic heterocycles. The minimum atomic E-state index is -0.905. The predicted octanol–water partition coefficient (Wildman–Crippen LogP) is 0.404. The van der Waals surface area contributed by atoms with Crippen molar-refractivity contribution in [1.82, 2.24) is 10.3 Å². The first-order valence-corrected chi connectivity index (χ1v) is 7.14. The SMILES string of the molecule is CCNCN[SiH](C)c1ccccc1. The van der Waals surface area contributed by atoms with Gasteiger partial charge in [-0.3, -0.25) is 0 Å². The molecular weight excluding hydrogens is 176 g/mol. The third kappa shape index (κ3) is 3.72. The summed E-state index contributed by atoms with van der Waals surface area (Å²) in [7, 11) is -0.905. The summed E-state index contributed by atoms with van der Waals surface area (Å²) in [6.07, 6.45) is 0. The Morgan fingerprint density at radius 3 is 2.54 bits per heavy atom. The van der Waals surface area contributed by atoms with Crippen LogP contribution in [0.2, 0.25) is 6.55 Å². The van der Waals surface area contributed by atoms with Crippen LogP contribution in [-0.2, 0) is 0 Å². The van der Waals surface area contributed by atoms with Gasteiger partial charge >= 0.3 is 0 Å². The second-order valence-corrected chi connectivity index (χ2v) is 5.64. The molecule has 0 aliphatic heterocycles. The smallest absolute Gasteiger partial charge is 0.139 e. The first-order chi connectivity index (χ1) is 6.34. The minimum Gasteiger partial charge on any atom is -0.324 e. The van der Waals surface area contributed by atoms with E-state index in [1.54, 1.807) is 0 Å². The first kappa shape index (κ1) is 10.4. The highest BCUT2D eigenvalue weighted by atomic mass is 28.3. The first-order valence-electron chi connectivity index (χ1n) is 4.83. The fourth-order valence-corrected chi connectivity index (χ4v) is 2.70. The molecule has 1 aromatic rings. The number of nitrogens with one attached hydrogen (secondary N) is 2. The summed E-state index contributed by atoms with van der Waals surface area (Å²) in [5.41, 5.74) is 0. The number of hydrogen-bond acceptors (Lipinski definition) is 2. The van der Waals surface area contributed by atoms with Gasteiger partial charge in [0, 0.05) is 6.67 Å². The van der Waals surface area contributed by atoms with Gasteiger partial charge in [0.2, 0.25) is 0 Å². The van der Waals surface area contributed by atoms with E-state index in [4.69, 9.17) is 0 Å². The second-order valence-electron chi connectivity index (χ2n) is 3.12. The van der Waals surface area contributed by atoms with Gasteiger partial charge < -0.3 is 10.3 Å². The molecule has 0 saturated carbocycles. The Morgan fingerprint density at radius 2 is 1.92 bits per heavy atom. The Balaban J connectivity index is 2.35. The third-order valence-electron chi connectivity index (χ3n) is 2.08. The van der Waals surface area contributed by atoms with E-state index in [0.717, 1.165) is 13.2 Å². The van der Waals surface area contributed by atoms with E-state index in [2.05, 4.69) is 54.1 Å². The Kier molecular flexibility index (Phi) is 4.75. The van der Waals surface area contributed by atoms with Crippen molar-refractivity contribution < 1.29 is 0 Å². The Hall–Kier alpha value is -0.643. The van der Waals surface area contributed by atoms with Gasteiger partial charge in [-0.2, -0.15) is 0 Å². The second kappa shape index (κ2) is 5.91. The molecule has 0 saturated heterocycles. The van der Waals surface area contributed by atoms with Gasteiger partial charge in [-0.15, -0.1) is 0 Å². The summed E-state index contributed by atoms with van der Waals surface area (Å²) in [6, 6.07) is 10.7. The maximum absolute atomic E-state index is 3.53. The molecule has 0 spiro atoms. The van der Waals surface area contributed by atoms with Crippen molar-refractivity contribution >= 4 is 14.1 Å². The van der Waals surface area contributed by atoms with Crippen molar-refractivity contribution in [3.8, 4) is 0 Å². The van der Waals surface area contributed by atoms with Crippen molar-refractivity contribution in [1.29, 1.82) is 0 Å². The van der Waals surface area contributed by atoms with Crippen LogP contribution >= 0.6 is 0 Å². The zero-order valence-electron chi connectivity index (χ0n) is 8.38. The van der Waals surface area contributed by atoms with Crippen molar-refractivity contribution in [2.75, 3.05) is 13.2 Å². The lowest BCUT2D eigenvalue weighted by atomic mass is 10.4. The molecule has 1 atom stereocenters. The molecule has 1 unspecified atom stereocenters. The number of rotatable bonds is 5. The van der Waals surface area contributed by atoms with E-state index in [0.29, 0.717) is 0 Å². The molecule has 0 radical (unpaired) electrons. The van der Waals surface area contributed by atoms with Gasteiger partial charge in [-0.05, 0) is 11.7 Å². The van der Waals surface area contributed by atoms with Crippen LogP contribution in [0.25, 0.3) is 0 Å². The summed E-state index contributed by atoms with van der Waals surface area (Å²) < 4.78 is 0. The van der Waals surface area contributed by atoms with Crippen LogP contribution in [-0.4, -0.2) is 22.2 Å². The molecule has 72 valence electrons. The van der Waals surface area contributed by atoms with Crippen LogP contribution in [0.3, 0.4) is 0 Å². The monoisotopic (exact) mass is 194 g/mol. The van der Waals surface area contributed by atoms with Gasteiger partial charge in [-0.25, -0.2) is 0 Å². The van der Waals surface area contributed by atoms with E-state index in [1.807, 2.05) is 0 Å². The third-order valence-corrected chi connectivity index (χ3v) is 4.28. The summed E-state index contributed by atoms with van der Waals surface area (Å²) in [6.45, 7) is 6.39. The van der Waals surface area contributed by atoms with Gasteiger partial charge in [-0.1, -0.05) is 43.8 Å². The lowest BCUT2D eigenvalue weighted by molar-refractivity contribution is 0.701. The molecule has 3 heteroatoms. The van der Waals surface area contributed by atoms with E-state index in [1.165, 1.54) is 5.19 Å². The molecule has 1 aromatic carbocycles. The van der Waals surface area contributed by atoms with Crippen molar-refractivity contribution in [3.63, 3.8) is 0 Å². The maximum Gasteiger partial charge on any atom is 0.139 e. The summed E-state index contributed by atoms with van der Waals surface area (Å²) >= 11 is 0. The largest absolute Gasteiger partial charge is 0.324 e. The number of hydrogen-bond donors (Lipinski definition) is 2. The molecule has 0 amide bonds. The molecule has 13 heavy (non-hydrogen) atoms. The van der Waals surface area contributed by atoms with E-state index in [-0.39, 0.29) is 0 Å². The predicted molar refractivity (Wildman–Crippen MR) is 60.8 cm³/mol. The van der Waals surface area contributed by atoms with Crippen molar-refractivity contribution in [2.45, 2.75) is 13.5 Å². The quantitative estimate of drug-likeness (QED) is 0.403. The molecule has 2 N–H and O–H groups in total. The van der Waals surface area contributed by atoms with E-state index < -0.39 is 8.96 Å². The van der Waals surface area contributed by atoms with Crippen LogP contribution in [0.15, 0.2) is 30.3 Å². The topological polar surface area (TPSA) is 24.1 Å². The molecule has 0 bridgehead atoms. The maximum atomic E-state index is 3.53. The zero-order chi connectivity index (χ0) is 9.52. The summed E-state index contributed by atoms with van der Waals surface area (Å²) in [5, 5.41) is 4.75. The van der Waals surface area contributed by atoms with Gasteiger partial charge in [0.05, 0.1) is 0 Å². The van der Waals surface area contributed by atoms with Crippen molar-refractivity contribution in [2.24, 2.45) is 0 Å². The Bertz CT molecular complexity index is 226. The highest BCUT2D eigenvalue weighted by Crippen LogP contribution is 1.84. The van der Waals surface area contributed by atoms with Crippen LogP contribution in [0.4, 0.5) is 0 Å². The Morgan fingerprint density at radius 1 is 1.23 bits per heavy atom. The van der Waals surface area contributed by atoms with Crippen molar-refractivity contribution in [3.05, 3.63) is 30.3 Å². The lowest BCUT2D eigenvalue weighted by Crippen LogP contribution is -2.46. The highest BCUT2D eigenvalue weighted by molar-refractivity contribution is 6.69. The van der Waals surface area contributed by atoms with E-state index in [9.17, 15) is 0 Å². The van der Waals surface area contributed by atoms with Crippen LogP contribution in [0.1, 0.15) is 6.92 Å². The molecule has 0 heterocycles. The minimum absolute atomic E-state index is 0.905. The fourth-order valence-electron chi connectivity index (χ4n) is 1.21. The van der Waals surface area contributed by atoms with Crippen LogP contribution in [0, 0.1) is 0 Å². The van der Waals surface area contributed by atoms with Gasteiger partial charge in [0.15, 0.2) is 0 Å². The normalized spacial score (nSPS) is 12.8. The number of benzene rings is 1. The van der Waals surface area contributed by atoms with E-state index >= 15 is 0 Å². The highest BCUT2D eigenvalue weighted by Gasteiger charge is 2.03. The van der Waals surface area contributed by atoms with Crippen LogP contribution in [0.5, 0.6) is 0 Å². The zero-order valence-corrected chi connectivity index (χ0v) is 9.53. The standard InChI is InChI=1S/C10H18N2Si/c1-3-11-9-12-13(2)10-7-5-4-6-8-10/h4-8,11-13H,3,9H2,1-2H3. The average molecular weight is 194 g/mol. The van der Waals surface area contributed by atoms with Gasteiger partial charge in [0.1, 0.15) is 8.96 Å². The Labute approximate surface area is 82.0 Å².